The van der Waals surface area contributed by atoms with E-state index in [4.69, 9.17) is 0 Å². The number of carbonyl (C=O) groups excluding carboxylic acids is 1. The van der Waals surface area contributed by atoms with Crippen molar-refractivity contribution in [1.29, 1.82) is 0 Å². The van der Waals surface area contributed by atoms with Gasteiger partial charge in [-0.2, -0.15) is 0 Å². The largest absolute Gasteiger partial charge is 0.346 e. The van der Waals surface area contributed by atoms with Crippen LogP contribution in [-0.4, -0.2) is 20.6 Å². The van der Waals surface area contributed by atoms with Gasteiger partial charge >= 0.3 is 0 Å². The number of hydrogen-bond donors (Lipinski definition) is 2. The third-order valence-corrected chi connectivity index (χ3v) is 3.96. The van der Waals surface area contributed by atoms with Crippen LogP contribution in [0.4, 0.5) is 5.69 Å². The molecule has 0 aliphatic carbocycles. The van der Waals surface area contributed by atoms with Gasteiger partial charge in [0.1, 0.15) is 0 Å². The van der Waals surface area contributed by atoms with Gasteiger partial charge in [-0.15, -0.1) is 0 Å². The van der Waals surface area contributed by atoms with E-state index in [1.165, 1.54) is 6.07 Å². The maximum Gasteiger partial charge on any atom is 0.251 e. The number of aryl methyl sites for hydroxylation is 1. The molecule has 0 saturated heterocycles. The van der Waals surface area contributed by atoms with Gasteiger partial charge in [0.2, 0.25) is 10.0 Å². The molecule has 2 aromatic carbocycles. The Hall–Kier alpha value is -2.34. The van der Waals surface area contributed by atoms with Crippen molar-refractivity contribution in [2.75, 3.05) is 11.0 Å². The molecule has 1 amide bonds. The minimum Gasteiger partial charge on any atom is -0.346 e. The summed E-state index contributed by atoms with van der Waals surface area (Å²) >= 11 is 0. The lowest BCUT2D eigenvalue weighted by Gasteiger charge is -2.15. The summed E-state index contributed by atoms with van der Waals surface area (Å²) in [7, 11) is -3.37. The Bertz CT molecular complexity index is 799. The summed E-state index contributed by atoms with van der Waals surface area (Å²) in [6, 6.07) is 14.2. The Balaban J connectivity index is 2.11. The molecule has 23 heavy (non-hydrogen) atoms. The van der Waals surface area contributed by atoms with Crippen LogP contribution in [0.2, 0.25) is 0 Å². The van der Waals surface area contributed by atoms with E-state index in [9.17, 15) is 13.2 Å². The first-order chi connectivity index (χ1) is 10.7. The molecule has 0 fully saturated rings. The number of hydrogen-bond acceptors (Lipinski definition) is 3. The first-order valence-electron chi connectivity index (χ1n) is 7.20. The van der Waals surface area contributed by atoms with Crippen LogP contribution in [0.5, 0.6) is 0 Å². The maximum atomic E-state index is 12.3. The molecule has 0 aliphatic heterocycles. The molecule has 2 rings (SSSR count). The van der Waals surface area contributed by atoms with E-state index in [0.29, 0.717) is 11.3 Å². The average Bonchev–Trinajstić information content (AvgIpc) is 2.46. The van der Waals surface area contributed by atoms with Crippen LogP contribution in [0.15, 0.2) is 48.5 Å². The number of amides is 1. The second-order valence-electron chi connectivity index (χ2n) is 5.56. The van der Waals surface area contributed by atoms with E-state index < -0.39 is 10.0 Å². The highest BCUT2D eigenvalue weighted by Crippen LogP contribution is 2.16. The van der Waals surface area contributed by atoms with Crippen LogP contribution in [0.1, 0.15) is 34.5 Å². The third kappa shape index (κ3) is 5.10. The first kappa shape index (κ1) is 17.0. The SMILES string of the molecule is Cc1ccc([C@H](C)NC(=O)c2cccc(NS(C)(=O)=O)c2)cc1. The molecule has 122 valence electrons. The van der Waals surface area contributed by atoms with E-state index in [1.807, 2.05) is 38.1 Å². The second kappa shape index (κ2) is 6.83. The highest BCUT2D eigenvalue weighted by atomic mass is 32.2. The summed E-state index contributed by atoms with van der Waals surface area (Å²) < 4.78 is 24.9. The van der Waals surface area contributed by atoms with Crippen LogP contribution in [0.3, 0.4) is 0 Å². The summed E-state index contributed by atoms with van der Waals surface area (Å²) in [5.74, 6) is -0.254. The zero-order chi connectivity index (χ0) is 17.0. The smallest absolute Gasteiger partial charge is 0.251 e. The second-order valence-corrected chi connectivity index (χ2v) is 7.31. The first-order valence-corrected chi connectivity index (χ1v) is 9.09. The van der Waals surface area contributed by atoms with Crippen molar-refractivity contribution in [3.05, 3.63) is 65.2 Å². The molecule has 1 atom stereocenters. The number of benzene rings is 2. The lowest BCUT2D eigenvalue weighted by molar-refractivity contribution is 0.0940. The van der Waals surface area contributed by atoms with Crippen molar-refractivity contribution >= 4 is 21.6 Å². The maximum absolute atomic E-state index is 12.3. The molecule has 2 N–H and O–H groups in total. The van der Waals surface area contributed by atoms with Gasteiger partial charge in [0.25, 0.3) is 5.91 Å². The number of rotatable bonds is 5. The van der Waals surface area contributed by atoms with Crippen LogP contribution in [0, 0.1) is 6.92 Å². The van der Waals surface area contributed by atoms with Gasteiger partial charge in [0.05, 0.1) is 12.3 Å². The van der Waals surface area contributed by atoms with E-state index in [1.54, 1.807) is 18.2 Å². The summed E-state index contributed by atoms with van der Waals surface area (Å²) in [6.07, 6.45) is 1.07. The molecule has 0 radical (unpaired) electrons. The Labute approximate surface area is 136 Å². The van der Waals surface area contributed by atoms with Crippen LogP contribution < -0.4 is 10.0 Å². The van der Waals surface area contributed by atoms with Gasteiger partial charge < -0.3 is 5.32 Å². The molecule has 5 nitrogen and oxygen atoms in total. The lowest BCUT2D eigenvalue weighted by atomic mass is 10.1. The third-order valence-electron chi connectivity index (χ3n) is 3.35. The number of anilines is 1. The average molecular weight is 332 g/mol. The Morgan fingerprint density at radius 2 is 1.74 bits per heavy atom. The molecule has 6 heteroatoms. The zero-order valence-electron chi connectivity index (χ0n) is 13.3. The summed E-state index contributed by atoms with van der Waals surface area (Å²) in [5, 5.41) is 2.91. The summed E-state index contributed by atoms with van der Waals surface area (Å²) in [5.41, 5.74) is 2.93. The number of carbonyl (C=O) groups is 1. The fraction of sp³-hybridized carbons (Fsp3) is 0.235. The molecule has 0 aromatic heterocycles. The molecule has 0 bridgehead atoms. The van der Waals surface area contributed by atoms with Gasteiger partial charge in [-0.05, 0) is 37.6 Å². The van der Waals surface area contributed by atoms with E-state index in [2.05, 4.69) is 10.0 Å². The van der Waals surface area contributed by atoms with E-state index in [0.717, 1.165) is 17.4 Å². The Morgan fingerprint density at radius 1 is 1.09 bits per heavy atom. The molecule has 0 heterocycles. The molecule has 0 spiro atoms. The van der Waals surface area contributed by atoms with Gasteiger partial charge in [-0.1, -0.05) is 35.9 Å². The van der Waals surface area contributed by atoms with Crippen LogP contribution in [-0.2, 0) is 10.0 Å². The van der Waals surface area contributed by atoms with Crippen molar-refractivity contribution in [3.8, 4) is 0 Å². The van der Waals surface area contributed by atoms with Crippen molar-refractivity contribution < 1.29 is 13.2 Å². The Morgan fingerprint density at radius 3 is 2.35 bits per heavy atom. The highest BCUT2D eigenvalue weighted by molar-refractivity contribution is 7.92. The zero-order valence-corrected chi connectivity index (χ0v) is 14.1. The van der Waals surface area contributed by atoms with E-state index >= 15 is 0 Å². The minimum atomic E-state index is -3.37. The molecule has 2 aromatic rings. The van der Waals surface area contributed by atoms with Gasteiger partial charge in [-0.25, -0.2) is 8.42 Å². The number of sulfonamides is 1. The fourth-order valence-electron chi connectivity index (χ4n) is 2.16. The van der Waals surface area contributed by atoms with Crippen molar-refractivity contribution in [3.63, 3.8) is 0 Å². The molecule has 0 unspecified atom stereocenters. The predicted octanol–water partition coefficient (Wildman–Crippen LogP) is 2.86. The molecule has 0 saturated carbocycles. The highest BCUT2D eigenvalue weighted by Gasteiger charge is 2.12. The normalized spacial score (nSPS) is 12.5. The summed E-state index contributed by atoms with van der Waals surface area (Å²) in [4.78, 5) is 12.3. The van der Waals surface area contributed by atoms with Crippen molar-refractivity contribution in [2.45, 2.75) is 19.9 Å². The standard InChI is InChI=1S/C17H20N2O3S/c1-12-7-9-14(10-8-12)13(2)18-17(20)15-5-4-6-16(11-15)19-23(3,21)22/h4-11,13,19H,1-3H3,(H,18,20)/t13-/m0/s1. The fourth-order valence-corrected chi connectivity index (χ4v) is 2.71. The van der Waals surface area contributed by atoms with Crippen LogP contribution >= 0.6 is 0 Å². The molecule has 0 aliphatic rings. The van der Waals surface area contributed by atoms with E-state index in [-0.39, 0.29) is 11.9 Å². The lowest BCUT2D eigenvalue weighted by Crippen LogP contribution is -2.26. The predicted molar refractivity (Wildman–Crippen MR) is 92.0 cm³/mol. The van der Waals surface area contributed by atoms with Gasteiger partial charge in [-0.3, -0.25) is 9.52 Å². The number of nitrogens with one attached hydrogen (secondary N) is 2. The topological polar surface area (TPSA) is 75.3 Å². The molecular formula is C17H20N2O3S. The Kier molecular flexibility index (Phi) is 5.05. The summed E-state index contributed by atoms with van der Waals surface area (Å²) in [6.45, 7) is 3.91. The molecular weight excluding hydrogens is 312 g/mol. The minimum absolute atomic E-state index is 0.144. The van der Waals surface area contributed by atoms with Gasteiger partial charge in [0.15, 0.2) is 0 Å². The van der Waals surface area contributed by atoms with Crippen LogP contribution in [0.25, 0.3) is 0 Å². The monoisotopic (exact) mass is 332 g/mol. The quantitative estimate of drug-likeness (QED) is 0.884. The van der Waals surface area contributed by atoms with Crippen molar-refractivity contribution in [1.82, 2.24) is 5.32 Å². The van der Waals surface area contributed by atoms with Gasteiger partial charge in [0, 0.05) is 11.3 Å². The van der Waals surface area contributed by atoms with Crippen molar-refractivity contribution in [2.24, 2.45) is 0 Å².